The van der Waals surface area contributed by atoms with E-state index in [1.807, 2.05) is 45.9 Å². The molecular formula is C14H18N2O2S. The maximum Gasteiger partial charge on any atom is 0.407 e. The maximum atomic E-state index is 11.6. The van der Waals surface area contributed by atoms with Crippen LogP contribution in [0.4, 0.5) is 4.79 Å². The predicted molar refractivity (Wildman–Crippen MR) is 77.4 cm³/mol. The van der Waals surface area contributed by atoms with Crippen LogP contribution in [0.2, 0.25) is 0 Å². The van der Waals surface area contributed by atoms with Crippen LogP contribution < -0.4 is 5.32 Å². The molecular weight excluding hydrogens is 260 g/mol. The Balaban J connectivity index is 1.99. The first-order chi connectivity index (χ1) is 8.83. The summed E-state index contributed by atoms with van der Waals surface area (Å²) in [4.78, 5) is 16.0. The van der Waals surface area contributed by atoms with Crippen molar-refractivity contribution in [2.45, 2.75) is 39.8 Å². The third-order valence-corrected chi connectivity index (χ3v) is 3.35. The number of aromatic nitrogens is 1. The highest BCUT2D eigenvalue weighted by atomic mass is 32.1. The molecule has 0 aliphatic carbocycles. The zero-order valence-corrected chi connectivity index (χ0v) is 12.4. The van der Waals surface area contributed by atoms with Gasteiger partial charge in [-0.25, -0.2) is 9.78 Å². The molecule has 0 radical (unpaired) electrons. The molecule has 0 aliphatic rings. The molecule has 2 rings (SSSR count). The van der Waals surface area contributed by atoms with Gasteiger partial charge in [-0.15, -0.1) is 11.3 Å². The van der Waals surface area contributed by atoms with Crippen LogP contribution in [-0.2, 0) is 11.3 Å². The molecule has 19 heavy (non-hydrogen) atoms. The number of ether oxygens (including phenoxy) is 1. The van der Waals surface area contributed by atoms with Gasteiger partial charge < -0.3 is 10.1 Å². The van der Waals surface area contributed by atoms with Gasteiger partial charge in [-0.2, -0.15) is 0 Å². The van der Waals surface area contributed by atoms with Gasteiger partial charge in [-0.05, 0) is 45.4 Å². The topological polar surface area (TPSA) is 51.2 Å². The zero-order chi connectivity index (χ0) is 14.0. The third-order valence-electron chi connectivity index (χ3n) is 2.39. The molecule has 1 N–H and O–H groups in total. The zero-order valence-electron chi connectivity index (χ0n) is 11.6. The lowest BCUT2D eigenvalue weighted by atomic mass is 10.2. The van der Waals surface area contributed by atoms with Crippen molar-refractivity contribution in [3.05, 3.63) is 28.8 Å². The molecule has 0 spiro atoms. The number of rotatable bonds is 2. The molecule has 0 atom stereocenters. The van der Waals surface area contributed by atoms with E-state index in [2.05, 4.69) is 10.3 Å². The molecule has 0 saturated carbocycles. The lowest BCUT2D eigenvalue weighted by Crippen LogP contribution is -2.32. The van der Waals surface area contributed by atoms with Crippen LogP contribution in [0.1, 0.15) is 31.3 Å². The minimum atomic E-state index is -0.472. The SMILES string of the molecule is Cc1nc2cc(CNC(=O)OC(C)(C)C)ccc2s1. The summed E-state index contributed by atoms with van der Waals surface area (Å²) in [6.45, 7) is 7.97. The first-order valence-corrected chi connectivity index (χ1v) is 6.98. The number of benzene rings is 1. The smallest absolute Gasteiger partial charge is 0.407 e. The molecule has 2 aromatic rings. The Hall–Kier alpha value is -1.62. The monoisotopic (exact) mass is 278 g/mol. The molecule has 0 aliphatic heterocycles. The number of hydrogen-bond acceptors (Lipinski definition) is 4. The first-order valence-electron chi connectivity index (χ1n) is 6.16. The highest BCUT2D eigenvalue weighted by Gasteiger charge is 2.15. The molecule has 0 saturated heterocycles. The average Bonchev–Trinajstić information content (AvgIpc) is 2.63. The van der Waals surface area contributed by atoms with Crippen LogP contribution in [0.5, 0.6) is 0 Å². The number of carbonyl (C=O) groups excluding carboxylic acids is 1. The number of aryl methyl sites for hydroxylation is 1. The van der Waals surface area contributed by atoms with Crippen LogP contribution >= 0.6 is 11.3 Å². The Bertz CT molecular complexity index is 599. The Kier molecular flexibility index (Phi) is 3.75. The maximum absolute atomic E-state index is 11.6. The summed E-state index contributed by atoms with van der Waals surface area (Å²) in [6.07, 6.45) is -0.401. The Labute approximate surface area is 116 Å². The summed E-state index contributed by atoms with van der Waals surface area (Å²) in [5.41, 5.74) is 1.52. The summed E-state index contributed by atoms with van der Waals surface area (Å²) >= 11 is 1.67. The normalized spacial score (nSPS) is 11.6. The Morgan fingerprint density at radius 3 is 2.84 bits per heavy atom. The molecule has 1 amide bonds. The van der Waals surface area contributed by atoms with E-state index in [1.165, 1.54) is 4.70 Å². The van der Waals surface area contributed by atoms with Gasteiger partial charge in [0.2, 0.25) is 0 Å². The first kappa shape index (κ1) is 13.8. The summed E-state index contributed by atoms with van der Waals surface area (Å²) in [6, 6.07) is 6.03. The van der Waals surface area contributed by atoms with Crippen molar-refractivity contribution >= 4 is 27.6 Å². The number of amides is 1. The number of fused-ring (bicyclic) bond motifs is 1. The standard InChI is InChI=1S/C14H18N2O2S/c1-9-16-11-7-10(5-6-12(11)19-9)8-15-13(17)18-14(2,3)4/h5-7H,8H2,1-4H3,(H,15,17). The molecule has 0 fully saturated rings. The fourth-order valence-corrected chi connectivity index (χ4v) is 2.49. The van der Waals surface area contributed by atoms with Gasteiger partial charge in [0.15, 0.2) is 0 Å². The van der Waals surface area contributed by atoms with Crippen LogP contribution in [0.15, 0.2) is 18.2 Å². The molecule has 0 unspecified atom stereocenters. The van der Waals surface area contributed by atoms with Gasteiger partial charge in [0.05, 0.1) is 15.2 Å². The minimum Gasteiger partial charge on any atom is -0.444 e. The average molecular weight is 278 g/mol. The van der Waals surface area contributed by atoms with Crippen molar-refractivity contribution in [2.75, 3.05) is 0 Å². The largest absolute Gasteiger partial charge is 0.444 e. The molecule has 5 heteroatoms. The van der Waals surface area contributed by atoms with Gasteiger partial charge in [0, 0.05) is 6.54 Å². The van der Waals surface area contributed by atoms with Gasteiger partial charge in [-0.1, -0.05) is 6.07 Å². The van der Waals surface area contributed by atoms with Crippen molar-refractivity contribution in [1.82, 2.24) is 10.3 Å². The number of nitrogens with one attached hydrogen (secondary N) is 1. The summed E-state index contributed by atoms with van der Waals surface area (Å²) in [5, 5.41) is 3.79. The number of carbonyl (C=O) groups is 1. The van der Waals surface area contributed by atoms with E-state index >= 15 is 0 Å². The van der Waals surface area contributed by atoms with E-state index < -0.39 is 11.7 Å². The number of hydrogen-bond donors (Lipinski definition) is 1. The van der Waals surface area contributed by atoms with E-state index in [0.717, 1.165) is 16.1 Å². The minimum absolute atomic E-state index is 0.401. The van der Waals surface area contributed by atoms with E-state index in [4.69, 9.17) is 4.74 Å². The van der Waals surface area contributed by atoms with Gasteiger partial charge in [0.1, 0.15) is 5.60 Å². The van der Waals surface area contributed by atoms with Crippen molar-refractivity contribution in [3.63, 3.8) is 0 Å². The second kappa shape index (κ2) is 5.17. The van der Waals surface area contributed by atoms with Crippen molar-refractivity contribution in [1.29, 1.82) is 0 Å². The lowest BCUT2D eigenvalue weighted by molar-refractivity contribution is 0.0523. The molecule has 4 nitrogen and oxygen atoms in total. The summed E-state index contributed by atoms with van der Waals surface area (Å²) < 4.78 is 6.35. The summed E-state index contributed by atoms with van der Waals surface area (Å²) in [7, 11) is 0. The molecule has 1 heterocycles. The van der Waals surface area contributed by atoms with Crippen LogP contribution in [0.25, 0.3) is 10.2 Å². The van der Waals surface area contributed by atoms with Gasteiger partial charge in [0.25, 0.3) is 0 Å². The van der Waals surface area contributed by atoms with E-state index in [1.54, 1.807) is 11.3 Å². The fraction of sp³-hybridized carbons (Fsp3) is 0.429. The lowest BCUT2D eigenvalue weighted by Gasteiger charge is -2.19. The summed E-state index contributed by atoms with van der Waals surface area (Å²) in [5.74, 6) is 0. The molecule has 102 valence electrons. The second-order valence-corrected chi connectivity index (χ2v) is 6.63. The third kappa shape index (κ3) is 3.92. The van der Waals surface area contributed by atoms with Crippen molar-refractivity contribution in [3.8, 4) is 0 Å². The molecule has 1 aromatic carbocycles. The quantitative estimate of drug-likeness (QED) is 0.912. The van der Waals surface area contributed by atoms with E-state index in [0.29, 0.717) is 6.54 Å². The number of nitrogens with zero attached hydrogens (tertiary/aromatic N) is 1. The molecule has 0 bridgehead atoms. The number of thiazole rings is 1. The van der Waals surface area contributed by atoms with Crippen molar-refractivity contribution in [2.24, 2.45) is 0 Å². The van der Waals surface area contributed by atoms with Crippen LogP contribution in [0, 0.1) is 6.92 Å². The Morgan fingerprint density at radius 1 is 1.42 bits per heavy atom. The highest BCUT2D eigenvalue weighted by molar-refractivity contribution is 7.18. The van der Waals surface area contributed by atoms with E-state index in [9.17, 15) is 4.79 Å². The van der Waals surface area contributed by atoms with Crippen LogP contribution in [-0.4, -0.2) is 16.7 Å². The van der Waals surface area contributed by atoms with E-state index in [-0.39, 0.29) is 0 Å². The second-order valence-electron chi connectivity index (χ2n) is 5.39. The van der Waals surface area contributed by atoms with Gasteiger partial charge in [-0.3, -0.25) is 0 Å². The predicted octanol–water partition coefficient (Wildman–Crippen LogP) is 3.63. The van der Waals surface area contributed by atoms with Gasteiger partial charge >= 0.3 is 6.09 Å². The fourth-order valence-electron chi connectivity index (χ4n) is 1.69. The van der Waals surface area contributed by atoms with Crippen LogP contribution in [0.3, 0.4) is 0 Å². The van der Waals surface area contributed by atoms with Crippen molar-refractivity contribution < 1.29 is 9.53 Å². The highest BCUT2D eigenvalue weighted by Crippen LogP contribution is 2.22. The number of alkyl carbamates (subject to hydrolysis) is 1. The molecule has 1 aromatic heterocycles. The Morgan fingerprint density at radius 2 is 2.16 bits per heavy atom.